The van der Waals surface area contributed by atoms with E-state index in [2.05, 4.69) is 70.1 Å². The minimum Gasteiger partial charge on any atom is -0.420 e. The first-order valence-corrected chi connectivity index (χ1v) is 17.1. The summed E-state index contributed by atoms with van der Waals surface area (Å²) in [5, 5.41) is 0. The Kier molecular flexibility index (Phi) is 19.3. The van der Waals surface area contributed by atoms with E-state index >= 15 is 0 Å². The van der Waals surface area contributed by atoms with Crippen LogP contribution in [0.5, 0.6) is 0 Å². The third kappa shape index (κ3) is 12.5. The van der Waals surface area contributed by atoms with Crippen LogP contribution in [0.3, 0.4) is 0 Å². The predicted octanol–water partition coefficient (Wildman–Crippen LogP) is 6.97. The van der Waals surface area contributed by atoms with E-state index in [1.165, 1.54) is 116 Å². The van der Waals surface area contributed by atoms with Crippen LogP contribution >= 0.6 is 0 Å². The third-order valence-electron chi connectivity index (χ3n) is 7.33. The van der Waals surface area contributed by atoms with Crippen LogP contribution in [0.15, 0.2) is 0 Å². The summed E-state index contributed by atoms with van der Waals surface area (Å²) in [7, 11) is 0.248. The van der Waals surface area contributed by atoms with Gasteiger partial charge in [-0.3, -0.25) is 0 Å². The van der Waals surface area contributed by atoms with Gasteiger partial charge in [0.2, 0.25) is 0 Å². The second-order valence-corrected chi connectivity index (χ2v) is 15.1. The fourth-order valence-corrected chi connectivity index (χ4v) is 9.42. The molecule has 5 heteroatoms. The Morgan fingerprint density at radius 3 is 0.970 bits per heavy atom. The molecule has 0 fully saturated rings. The summed E-state index contributed by atoms with van der Waals surface area (Å²) in [6.45, 7) is 29.9. The van der Waals surface area contributed by atoms with E-state index in [1.54, 1.807) is 0 Å². The van der Waals surface area contributed by atoms with Crippen molar-refractivity contribution < 1.29 is 4.43 Å². The van der Waals surface area contributed by atoms with Gasteiger partial charge < -0.3 is 19.1 Å². The Morgan fingerprint density at radius 1 is 0.515 bits per heavy atom. The summed E-state index contributed by atoms with van der Waals surface area (Å²) in [6, 6.07) is 3.75. The molecular formula is C28H63N3OSi. The first kappa shape index (κ1) is 33.1. The zero-order chi connectivity index (χ0) is 25.2. The lowest BCUT2D eigenvalue weighted by Gasteiger charge is -2.48. The summed E-state index contributed by atoms with van der Waals surface area (Å²) in [4.78, 5) is 8.39. The topological polar surface area (TPSA) is 19.0 Å². The first-order chi connectivity index (χ1) is 15.9. The van der Waals surface area contributed by atoms with Crippen LogP contribution < -0.4 is 0 Å². The van der Waals surface area contributed by atoms with Gasteiger partial charge in [-0.15, -0.1) is 0 Å². The van der Waals surface area contributed by atoms with Crippen molar-refractivity contribution in [3.05, 3.63) is 0 Å². The average Bonchev–Trinajstić information content (AvgIpc) is 2.79. The molecule has 0 radical (unpaired) electrons. The lowest BCUT2D eigenvalue weighted by molar-refractivity contribution is 0.0615. The summed E-state index contributed by atoms with van der Waals surface area (Å²) >= 11 is 0. The SMILES string of the molecule is CCCN(CCC)CC(CN(CCC)CCC)(CN(CCC)CCC)C[Si](CC)(CC)OC. The fraction of sp³-hybridized carbons (Fsp3) is 1.00. The Bertz CT molecular complexity index is 373. The first-order valence-electron chi connectivity index (χ1n) is 14.6. The molecule has 0 aliphatic heterocycles. The zero-order valence-electron chi connectivity index (χ0n) is 24.5. The molecule has 0 rings (SSSR count). The quantitative estimate of drug-likeness (QED) is 0.145. The maximum absolute atomic E-state index is 6.48. The van der Waals surface area contributed by atoms with Gasteiger partial charge in [-0.1, -0.05) is 55.4 Å². The van der Waals surface area contributed by atoms with E-state index in [0.717, 1.165) is 0 Å². The van der Waals surface area contributed by atoms with Crippen molar-refractivity contribution in [3.63, 3.8) is 0 Å². The summed E-state index contributed by atoms with van der Waals surface area (Å²) in [5.41, 5.74) is 0.271. The van der Waals surface area contributed by atoms with Crippen LogP contribution in [-0.4, -0.2) is 89.0 Å². The van der Waals surface area contributed by atoms with Crippen molar-refractivity contribution in [3.8, 4) is 0 Å². The molecule has 0 aromatic rings. The molecule has 0 aliphatic carbocycles. The van der Waals surface area contributed by atoms with Gasteiger partial charge in [-0.2, -0.15) is 0 Å². The lowest BCUT2D eigenvalue weighted by atomic mass is 9.86. The minimum absolute atomic E-state index is 0.271. The van der Waals surface area contributed by atoms with Gasteiger partial charge in [0.25, 0.3) is 0 Å². The number of hydrogen-bond acceptors (Lipinski definition) is 4. The van der Waals surface area contributed by atoms with Crippen molar-refractivity contribution >= 4 is 8.32 Å². The molecule has 0 spiro atoms. The molecule has 0 atom stereocenters. The van der Waals surface area contributed by atoms with Crippen molar-refractivity contribution in [2.45, 2.75) is 112 Å². The molecular weight excluding hydrogens is 422 g/mol. The van der Waals surface area contributed by atoms with E-state index in [9.17, 15) is 0 Å². The molecule has 0 N–H and O–H groups in total. The van der Waals surface area contributed by atoms with E-state index in [0.29, 0.717) is 0 Å². The maximum atomic E-state index is 6.48. The molecule has 200 valence electrons. The van der Waals surface area contributed by atoms with Crippen molar-refractivity contribution in [1.82, 2.24) is 14.7 Å². The molecule has 0 unspecified atom stereocenters. The second-order valence-electron chi connectivity index (χ2n) is 10.6. The molecule has 0 saturated heterocycles. The van der Waals surface area contributed by atoms with Gasteiger partial charge in [0.15, 0.2) is 8.32 Å². The fourth-order valence-electron chi connectivity index (χ4n) is 5.99. The van der Waals surface area contributed by atoms with Crippen LogP contribution in [0.2, 0.25) is 18.1 Å². The molecule has 0 saturated carbocycles. The smallest absolute Gasteiger partial charge is 0.192 e. The van der Waals surface area contributed by atoms with Gasteiger partial charge >= 0.3 is 0 Å². The third-order valence-corrected chi connectivity index (χ3v) is 12.2. The number of nitrogens with zero attached hydrogens (tertiary/aromatic N) is 3. The molecule has 0 bridgehead atoms. The van der Waals surface area contributed by atoms with E-state index in [4.69, 9.17) is 4.43 Å². The van der Waals surface area contributed by atoms with Crippen LogP contribution in [0, 0.1) is 5.41 Å². The van der Waals surface area contributed by atoms with E-state index in [-0.39, 0.29) is 5.41 Å². The highest BCUT2D eigenvalue weighted by Crippen LogP contribution is 2.37. The highest BCUT2D eigenvalue weighted by Gasteiger charge is 2.44. The molecule has 33 heavy (non-hydrogen) atoms. The molecule has 4 nitrogen and oxygen atoms in total. The van der Waals surface area contributed by atoms with Gasteiger partial charge in [-0.05, 0) is 95.9 Å². The summed E-state index contributed by atoms with van der Waals surface area (Å²) in [5.74, 6) is 0. The van der Waals surface area contributed by atoms with E-state index < -0.39 is 8.32 Å². The normalized spacial score (nSPS) is 13.1. The van der Waals surface area contributed by atoms with Crippen LogP contribution in [0.25, 0.3) is 0 Å². The molecule has 0 aromatic heterocycles. The minimum atomic E-state index is -1.77. The molecule has 0 amide bonds. The summed E-state index contributed by atoms with van der Waals surface area (Å²) in [6.07, 6.45) is 7.45. The van der Waals surface area contributed by atoms with Crippen LogP contribution in [0.1, 0.15) is 93.9 Å². The molecule has 0 heterocycles. The van der Waals surface area contributed by atoms with Gasteiger partial charge in [-0.25, -0.2) is 0 Å². The molecule has 0 aliphatic rings. The van der Waals surface area contributed by atoms with Crippen LogP contribution in [-0.2, 0) is 4.43 Å². The predicted molar refractivity (Wildman–Crippen MR) is 152 cm³/mol. The largest absolute Gasteiger partial charge is 0.420 e. The van der Waals surface area contributed by atoms with Gasteiger partial charge in [0.1, 0.15) is 0 Å². The van der Waals surface area contributed by atoms with Crippen LogP contribution in [0.4, 0.5) is 0 Å². The molecule has 0 aromatic carbocycles. The van der Waals surface area contributed by atoms with Gasteiger partial charge in [0, 0.05) is 32.2 Å². The lowest BCUT2D eigenvalue weighted by Crippen LogP contribution is -2.56. The van der Waals surface area contributed by atoms with E-state index in [1.807, 2.05) is 7.11 Å². The zero-order valence-corrected chi connectivity index (χ0v) is 25.5. The highest BCUT2D eigenvalue weighted by atomic mass is 28.4. The Hall–Kier alpha value is 0.0569. The average molecular weight is 486 g/mol. The van der Waals surface area contributed by atoms with Crippen molar-refractivity contribution in [1.29, 1.82) is 0 Å². The Balaban J connectivity index is 6.46. The summed E-state index contributed by atoms with van der Waals surface area (Å²) < 4.78 is 6.48. The highest BCUT2D eigenvalue weighted by molar-refractivity contribution is 6.73. The number of hydrogen-bond donors (Lipinski definition) is 0. The maximum Gasteiger partial charge on any atom is 0.192 e. The number of rotatable bonds is 23. The monoisotopic (exact) mass is 485 g/mol. The standard InChI is InChI=1S/C28H63N3OSi/c1-10-18-29(19-11-2)24-28(25-30(20-12-3)21-13-4,26-31(22-14-5)23-15-6)27-33(16-7,17-8)32-9/h10-27H2,1-9H3. The Morgan fingerprint density at radius 2 is 0.788 bits per heavy atom. The van der Waals surface area contributed by atoms with Gasteiger partial charge in [0.05, 0.1) is 0 Å². The second kappa shape index (κ2) is 19.3. The van der Waals surface area contributed by atoms with Crippen molar-refractivity contribution in [2.75, 3.05) is 66.0 Å². The Labute approximate surface area is 210 Å². The van der Waals surface area contributed by atoms with Crippen molar-refractivity contribution in [2.24, 2.45) is 5.41 Å².